The summed E-state index contributed by atoms with van der Waals surface area (Å²) in [7, 11) is 0. The van der Waals surface area contributed by atoms with Crippen molar-refractivity contribution in [3.63, 3.8) is 0 Å². The normalized spacial score (nSPS) is 14.5. The Kier molecular flexibility index (Phi) is 3.43. The summed E-state index contributed by atoms with van der Waals surface area (Å²) < 4.78 is 18.1. The van der Waals surface area contributed by atoms with E-state index in [2.05, 4.69) is 10.1 Å². The molecule has 5 heteroatoms. The standard InChI is InChI=1S/C13H15FN2O2/c1-7-6-10(14)4-5-11(7)12-15-13(18-16-12)8(2)9(3)17/h4-6,8-9,17H,1-3H3. The number of aliphatic hydroxyl groups is 1. The Balaban J connectivity index is 2.35. The molecular weight excluding hydrogens is 235 g/mol. The highest BCUT2D eigenvalue weighted by molar-refractivity contribution is 5.59. The number of halogens is 1. The van der Waals surface area contributed by atoms with Crippen LogP contribution in [0.2, 0.25) is 0 Å². The lowest BCUT2D eigenvalue weighted by molar-refractivity contribution is 0.151. The molecule has 0 saturated heterocycles. The maximum atomic E-state index is 13.0. The first-order chi connectivity index (χ1) is 8.49. The van der Waals surface area contributed by atoms with Crippen LogP contribution < -0.4 is 0 Å². The molecule has 2 unspecified atom stereocenters. The quantitative estimate of drug-likeness (QED) is 0.909. The summed E-state index contributed by atoms with van der Waals surface area (Å²) in [5.74, 6) is 0.267. The van der Waals surface area contributed by atoms with Gasteiger partial charge in [0, 0.05) is 5.56 Å². The lowest BCUT2D eigenvalue weighted by Gasteiger charge is -2.08. The monoisotopic (exact) mass is 250 g/mol. The molecule has 2 atom stereocenters. The topological polar surface area (TPSA) is 59.2 Å². The van der Waals surface area contributed by atoms with Gasteiger partial charge in [-0.1, -0.05) is 12.1 Å². The molecule has 0 amide bonds. The average molecular weight is 250 g/mol. The van der Waals surface area contributed by atoms with Crippen LogP contribution in [0, 0.1) is 12.7 Å². The Labute approximate surface area is 104 Å². The predicted octanol–water partition coefficient (Wildman–Crippen LogP) is 2.67. The zero-order chi connectivity index (χ0) is 13.3. The van der Waals surface area contributed by atoms with Crippen LogP contribution >= 0.6 is 0 Å². The fraction of sp³-hybridized carbons (Fsp3) is 0.385. The third kappa shape index (κ3) is 2.41. The first-order valence-corrected chi connectivity index (χ1v) is 5.77. The van der Waals surface area contributed by atoms with Crippen LogP contribution in [0.5, 0.6) is 0 Å². The lowest BCUT2D eigenvalue weighted by atomic mass is 10.1. The van der Waals surface area contributed by atoms with Crippen molar-refractivity contribution >= 4 is 0 Å². The second kappa shape index (κ2) is 4.86. The van der Waals surface area contributed by atoms with Gasteiger partial charge in [-0.25, -0.2) is 4.39 Å². The van der Waals surface area contributed by atoms with E-state index in [-0.39, 0.29) is 11.7 Å². The summed E-state index contributed by atoms with van der Waals surface area (Å²) in [4.78, 5) is 4.23. The van der Waals surface area contributed by atoms with Gasteiger partial charge in [0.1, 0.15) is 5.82 Å². The van der Waals surface area contributed by atoms with Crippen molar-refractivity contribution in [1.29, 1.82) is 0 Å². The lowest BCUT2D eigenvalue weighted by Crippen LogP contribution is -2.11. The van der Waals surface area contributed by atoms with Gasteiger partial charge in [-0.3, -0.25) is 0 Å². The molecule has 0 saturated carbocycles. The summed E-state index contributed by atoms with van der Waals surface area (Å²) in [6.07, 6.45) is -0.562. The van der Waals surface area contributed by atoms with Crippen molar-refractivity contribution in [3.05, 3.63) is 35.5 Å². The summed E-state index contributed by atoms with van der Waals surface area (Å²) >= 11 is 0. The number of nitrogens with zero attached hydrogens (tertiary/aromatic N) is 2. The highest BCUT2D eigenvalue weighted by Crippen LogP contribution is 2.24. The van der Waals surface area contributed by atoms with Gasteiger partial charge in [-0.05, 0) is 37.6 Å². The van der Waals surface area contributed by atoms with Crippen molar-refractivity contribution < 1.29 is 14.0 Å². The van der Waals surface area contributed by atoms with Gasteiger partial charge in [-0.15, -0.1) is 0 Å². The number of aryl methyl sites for hydroxylation is 1. The Hall–Kier alpha value is -1.75. The smallest absolute Gasteiger partial charge is 0.232 e. The molecule has 1 aromatic heterocycles. The molecule has 2 rings (SSSR count). The third-order valence-electron chi connectivity index (χ3n) is 2.98. The minimum atomic E-state index is -0.562. The van der Waals surface area contributed by atoms with Crippen LogP contribution in [0.15, 0.2) is 22.7 Å². The van der Waals surface area contributed by atoms with Crippen molar-refractivity contribution in [1.82, 2.24) is 10.1 Å². The highest BCUT2D eigenvalue weighted by atomic mass is 19.1. The number of benzene rings is 1. The van der Waals surface area contributed by atoms with Gasteiger partial charge >= 0.3 is 0 Å². The van der Waals surface area contributed by atoms with E-state index in [0.717, 1.165) is 11.1 Å². The van der Waals surface area contributed by atoms with Gasteiger partial charge in [-0.2, -0.15) is 4.98 Å². The number of rotatable bonds is 3. The number of hydrogen-bond acceptors (Lipinski definition) is 4. The van der Waals surface area contributed by atoms with E-state index < -0.39 is 6.10 Å². The maximum absolute atomic E-state index is 13.0. The molecule has 0 radical (unpaired) electrons. The molecule has 0 spiro atoms. The fourth-order valence-electron chi connectivity index (χ4n) is 1.61. The van der Waals surface area contributed by atoms with E-state index >= 15 is 0 Å². The van der Waals surface area contributed by atoms with Gasteiger partial charge < -0.3 is 9.63 Å². The zero-order valence-electron chi connectivity index (χ0n) is 10.5. The predicted molar refractivity (Wildman–Crippen MR) is 64.5 cm³/mol. The molecule has 4 nitrogen and oxygen atoms in total. The van der Waals surface area contributed by atoms with Crippen molar-refractivity contribution in [3.8, 4) is 11.4 Å². The van der Waals surface area contributed by atoms with Gasteiger partial charge in [0.25, 0.3) is 0 Å². The van der Waals surface area contributed by atoms with Crippen LogP contribution in [-0.2, 0) is 0 Å². The zero-order valence-corrected chi connectivity index (χ0v) is 10.5. The van der Waals surface area contributed by atoms with E-state index in [1.807, 2.05) is 0 Å². The van der Waals surface area contributed by atoms with Gasteiger partial charge in [0.2, 0.25) is 11.7 Å². The van der Waals surface area contributed by atoms with E-state index in [4.69, 9.17) is 4.52 Å². The van der Waals surface area contributed by atoms with Crippen LogP contribution in [0.4, 0.5) is 4.39 Å². The molecule has 18 heavy (non-hydrogen) atoms. The molecule has 0 fully saturated rings. The third-order valence-corrected chi connectivity index (χ3v) is 2.98. The molecule has 0 aliphatic rings. The van der Waals surface area contributed by atoms with E-state index in [1.54, 1.807) is 26.8 Å². The molecule has 2 aromatic rings. The average Bonchev–Trinajstić information content (AvgIpc) is 2.77. The first kappa shape index (κ1) is 12.7. The van der Waals surface area contributed by atoms with Crippen molar-refractivity contribution in [2.24, 2.45) is 0 Å². The largest absolute Gasteiger partial charge is 0.393 e. The number of hydrogen-bond donors (Lipinski definition) is 1. The second-order valence-corrected chi connectivity index (χ2v) is 4.44. The molecule has 96 valence electrons. The highest BCUT2D eigenvalue weighted by Gasteiger charge is 2.20. The summed E-state index contributed by atoms with van der Waals surface area (Å²) in [5.41, 5.74) is 1.47. The number of aliphatic hydroxyl groups excluding tert-OH is 1. The van der Waals surface area contributed by atoms with Gasteiger partial charge in [0.15, 0.2) is 0 Å². The minimum Gasteiger partial charge on any atom is -0.393 e. The van der Waals surface area contributed by atoms with Crippen LogP contribution in [0.25, 0.3) is 11.4 Å². The van der Waals surface area contributed by atoms with E-state index in [9.17, 15) is 9.50 Å². The Morgan fingerprint density at radius 3 is 2.67 bits per heavy atom. The SMILES string of the molecule is Cc1cc(F)ccc1-c1noc(C(C)C(C)O)n1. The minimum absolute atomic E-state index is 0.230. The summed E-state index contributed by atoms with van der Waals surface area (Å²) in [6.45, 7) is 5.25. The molecule has 1 N–H and O–H groups in total. The molecular formula is C13H15FN2O2. The fourth-order valence-corrected chi connectivity index (χ4v) is 1.61. The summed E-state index contributed by atoms with van der Waals surface area (Å²) in [5, 5.41) is 13.3. The second-order valence-electron chi connectivity index (χ2n) is 4.44. The van der Waals surface area contributed by atoms with Crippen molar-refractivity contribution in [2.45, 2.75) is 32.8 Å². The molecule has 0 aliphatic carbocycles. The molecule has 0 aliphatic heterocycles. The van der Waals surface area contributed by atoms with Crippen LogP contribution in [0.1, 0.15) is 31.2 Å². The molecule has 1 aromatic carbocycles. The maximum Gasteiger partial charge on any atom is 0.232 e. The molecule has 0 bridgehead atoms. The first-order valence-electron chi connectivity index (χ1n) is 5.77. The van der Waals surface area contributed by atoms with E-state index in [0.29, 0.717) is 11.7 Å². The Morgan fingerprint density at radius 2 is 2.06 bits per heavy atom. The van der Waals surface area contributed by atoms with Gasteiger partial charge in [0.05, 0.1) is 12.0 Å². The van der Waals surface area contributed by atoms with Crippen molar-refractivity contribution in [2.75, 3.05) is 0 Å². The van der Waals surface area contributed by atoms with Crippen LogP contribution in [0.3, 0.4) is 0 Å². The molecule has 1 heterocycles. The number of aromatic nitrogens is 2. The van der Waals surface area contributed by atoms with Crippen LogP contribution in [-0.4, -0.2) is 21.4 Å². The summed E-state index contributed by atoms with van der Waals surface area (Å²) in [6, 6.07) is 4.40. The Morgan fingerprint density at radius 1 is 1.33 bits per heavy atom. The van der Waals surface area contributed by atoms with E-state index in [1.165, 1.54) is 12.1 Å². The Bertz CT molecular complexity index is 552.